The third-order valence-electron chi connectivity index (χ3n) is 5.74. The number of primary amides is 1. The number of rotatable bonds is 9. The fraction of sp³-hybridized carbons (Fsp3) is 0.250. The SMILES string of the molecule is C=CC(=O)Nc1ccc(-c2c(C)[nH]c(C(N)=O)c2-c2ccc(NC(=O)CC(C)C)c(OC)c2)c(C)c1. The van der Waals surface area contributed by atoms with Crippen LogP contribution in [0, 0.1) is 19.8 Å². The third-order valence-corrected chi connectivity index (χ3v) is 5.74. The maximum absolute atomic E-state index is 12.4. The molecule has 3 rings (SSSR count). The second-order valence-corrected chi connectivity index (χ2v) is 9.02. The van der Waals surface area contributed by atoms with Crippen LogP contribution in [0.15, 0.2) is 49.1 Å². The van der Waals surface area contributed by atoms with Gasteiger partial charge in [-0.25, -0.2) is 0 Å². The number of nitrogens with two attached hydrogens (primary N) is 1. The average Bonchev–Trinajstić information content (AvgIpc) is 3.16. The molecule has 0 atom stereocenters. The highest BCUT2D eigenvalue weighted by atomic mass is 16.5. The van der Waals surface area contributed by atoms with E-state index in [4.69, 9.17) is 10.5 Å². The van der Waals surface area contributed by atoms with Crippen LogP contribution in [0.4, 0.5) is 11.4 Å². The van der Waals surface area contributed by atoms with Crippen molar-refractivity contribution in [1.82, 2.24) is 4.98 Å². The van der Waals surface area contributed by atoms with Gasteiger partial charge in [0.15, 0.2) is 0 Å². The standard InChI is InChI=1S/C28H32N4O4/c1-7-23(33)31-19-9-10-20(16(4)13-19)25-17(5)30-27(28(29)35)26(25)18-8-11-21(22(14-18)36-6)32-24(34)12-15(2)3/h7-11,13-15,30H,1,12H2,2-6H3,(H2,29,35)(H,31,33)(H,32,34). The van der Waals surface area contributed by atoms with Crippen LogP contribution in [-0.2, 0) is 9.59 Å². The molecule has 0 aliphatic carbocycles. The van der Waals surface area contributed by atoms with E-state index >= 15 is 0 Å². The molecule has 188 valence electrons. The summed E-state index contributed by atoms with van der Waals surface area (Å²) in [5.41, 5.74) is 11.8. The number of nitrogens with one attached hydrogen (secondary N) is 3. The van der Waals surface area contributed by atoms with Gasteiger partial charge >= 0.3 is 0 Å². The smallest absolute Gasteiger partial charge is 0.265 e. The quantitative estimate of drug-likeness (QED) is 0.310. The van der Waals surface area contributed by atoms with Gasteiger partial charge in [-0.2, -0.15) is 0 Å². The zero-order valence-corrected chi connectivity index (χ0v) is 21.2. The fourth-order valence-electron chi connectivity index (χ4n) is 4.17. The Hall–Kier alpha value is -4.33. The molecule has 0 aliphatic rings. The van der Waals surface area contributed by atoms with Gasteiger partial charge in [0.05, 0.1) is 12.8 Å². The van der Waals surface area contributed by atoms with Crippen molar-refractivity contribution in [3.05, 3.63) is 66.0 Å². The molecule has 0 unspecified atom stereocenters. The molecule has 0 radical (unpaired) electrons. The summed E-state index contributed by atoms with van der Waals surface area (Å²) in [5.74, 6) is -0.321. The van der Waals surface area contributed by atoms with E-state index in [1.807, 2.05) is 45.9 Å². The Kier molecular flexibility index (Phi) is 7.99. The number of methoxy groups -OCH3 is 1. The number of aromatic amines is 1. The summed E-state index contributed by atoms with van der Waals surface area (Å²) in [5, 5.41) is 5.65. The Morgan fingerprint density at radius 1 is 1.08 bits per heavy atom. The summed E-state index contributed by atoms with van der Waals surface area (Å²) in [6, 6.07) is 10.9. The number of hydrogen-bond acceptors (Lipinski definition) is 4. The minimum absolute atomic E-state index is 0.105. The van der Waals surface area contributed by atoms with Gasteiger partial charge in [-0.3, -0.25) is 14.4 Å². The third kappa shape index (κ3) is 5.66. The number of carbonyl (C=O) groups is 3. The minimum atomic E-state index is -0.597. The lowest BCUT2D eigenvalue weighted by atomic mass is 9.91. The van der Waals surface area contributed by atoms with E-state index in [1.165, 1.54) is 13.2 Å². The van der Waals surface area contributed by atoms with Crippen LogP contribution in [0.25, 0.3) is 22.3 Å². The molecule has 0 aliphatic heterocycles. The first-order valence-electron chi connectivity index (χ1n) is 11.6. The van der Waals surface area contributed by atoms with Crippen molar-refractivity contribution in [1.29, 1.82) is 0 Å². The topological polar surface area (TPSA) is 126 Å². The fourth-order valence-corrected chi connectivity index (χ4v) is 4.17. The molecule has 3 aromatic rings. The lowest BCUT2D eigenvalue weighted by Crippen LogP contribution is -2.14. The summed E-state index contributed by atoms with van der Waals surface area (Å²) >= 11 is 0. The molecule has 0 bridgehead atoms. The van der Waals surface area contributed by atoms with E-state index in [9.17, 15) is 14.4 Å². The normalized spacial score (nSPS) is 10.7. The van der Waals surface area contributed by atoms with Crippen molar-refractivity contribution in [2.45, 2.75) is 34.1 Å². The van der Waals surface area contributed by atoms with E-state index in [-0.39, 0.29) is 23.4 Å². The molecular weight excluding hydrogens is 456 g/mol. The van der Waals surface area contributed by atoms with Crippen molar-refractivity contribution < 1.29 is 19.1 Å². The Morgan fingerprint density at radius 3 is 2.39 bits per heavy atom. The van der Waals surface area contributed by atoms with Crippen molar-refractivity contribution in [3.63, 3.8) is 0 Å². The van der Waals surface area contributed by atoms with Crippen molar-refractivity contribution in [3.8, 4) is 28.0 Å². The largest absolute Gasteiger partial charge is 0.495 e. The van der Waals surface area contributed by atoms with Gasteiger partial charge in [-0.15, -0.1) is 0 Å². The van der Waals surface area contributed by atoms with Crippen molar-refractivity contribution in [2.75, 3.05) is 17.7 Å². The van der Waals surface area contributed by atoms with E-state index in [0.29, 0.717) is 34.7 Å². The maximum atomic E-state index is 12.4. The van der Waals surface area contributed by atoms with Gasteiger partial charge in [0.25, 0.3) is 5.91 Å². The molecule has 0 spiro atoms. The molecule has 1 heterocycles. The van der Waals surface area contributed by atoms with Crippen LogP contribution < -0.4 is 21.1 Å². The predicted molar refractivity (Wildman–Crippen MR) is 143 cm³/mol. The van der Waals surface area contributed by atoms with E-state index in [1.54, 1.807) is 18.2 Å². The molecule has 0 fully saturated rings. The van der Waals surface area contributed by atoms with Crippen LogP contribution in [0.5, 0.6) is 5.75 Å². The van der Waals surface area contributed by atoms with Crippen LogP contribution in [0.2, 0.25) is 0 Å². The van der Waals surface area contributed by atoms with Gasteiger partial charge in [-0.1, -0.05) is 32.6 Å². The first-order valence-corrected chi connectivity index (χ1v) is 11.6. The lowest BCUT2D eigenvalue weighted by Gasteiger charge is -2.15. The zero-order chi connectivity index (χ0) is 26.6. The summed E-state index contributed by atoms with van der Waals surface area (Å²) in [4.78, 5) is 39.6. The van der Waals surface area contributed by atoms with Gasteiger partial charge in [0.2, 0.25) is 11.8 Å². The summed E-state index contributed by atoms with van der Waals surface area (Å²) in [6.07, 6.45) is 1.60. The molecular formula is C28H32N4O4. The van der Waals surface area contributed by atoms with Gasteiger partial charge in [0.1, 0.15) is 11.4 Å². The second kappa shape index (κ2) is 10.9. The van der Waals surface area contributed by atoms with E-state index < -0.39 is 5.91 Å². The van der Waals surface area contributed by atoms with Crippen molar-refractivity contribution in [2.24, 2.45) is 11.7 Å². The lowest BCUT2D eigenvalue weighted by molar-refractivity contribution is -0.117. The number of ether oxygens (including phenoxy) is 1. The number of amides is 3. The van der Waals surface area contributed by atoms with Crippen LogP contribution in [-0.4, -0.2) is 29.8 Å². The Balaban J connectivity index is 2.13. The molecule has 8 nitrogen and oxygen atoms in total. The van der Waals surface area contributed by atoms with Crippen LogP contribution >= 0.6 is 0 Å². The molecule has 3 amide bonds. The Bertz CT molecular complexity index is 1340. The van der Waals surface area contributed by atoms with E-state index in [2.05, 4.69) is 22.2 Å². The van der Waals surface area contributed by atoms with Gasteiger partial charge in [0, 0.05) is 28.9 Å². The monoisotopic (exact) mass is 488 g/mol. The Labute approximate surface area is 210 Å². The highest BCUT2D eigenvalue weighted by Gasteiger charge is 2.24. The average molecular weight is 489 g/mol. The molecule has 8 heteroatoms. The summed E-state index contributed by atoms with van der Waals surface area (Å²) in [6.45, 7) is 11.2. The maximum Gasteiger partial charge on any atom is 0.265 e. The number of hydrogen-bond donors (Lipinski definition) is 4. The van der Waals surface area contributed by atoms with Gasteiger partial charge in [-0.05, 0) is 66.8 Å². The number of carbonyl (C=O) groups excluding carboxylic acids is 3. The number of H-pyrrole nitrogens is 1. The molecule has 36 heavy (non-hydrogen) atoms. The number of aromatic nitrogens is 1. The zero-order valence-electron chi connectivity index (χ0n) is 21.2. The minimum Gasteiger partial charge on any atom is -0.495 e. The van der Waals surface area contributed by atoms with Crippen molar-refractivity contribution >= 4 is 29.1 Å². The predicted octanol–water partition coefficient (Wildman–Crippen LogP) is 5.18. The van der Waals surface area contributed by atoms with Crippen LogP contribution in [0.1, 0.15) is 42.0 Å². The number of benzene rings is 2. The highest BCUT2D eigenvalue weighted by molar-refractivity contribution is 6.05. The number of anilines is 2. The summed E-state index contributed by atoms with van der Waals surface area (Å²) in [7, 11) is 1.52. The molecule has 5 N–H and O–H groups in total. The van der Waals surface area contributed by atoms with Crippen LogP contribution in [0.3, 0.4) is 0 Å². The first-order chi connectivity index (χ1) is 17.0. The molecule has 0 saturated carbocycles. The second-order valence-electron chi connectivity index (χ2n) is 9.02. The van der Waals surface area contributed by atoms with E-state index in [0.717, 1.165) is 22.4 Å². The Morgan fingerprint density at radius 2 is 1.81 bits per heavy atom. The van der Waals surface area contributed by atoms with Gasteiger partial charge < -0.3 is 26.1 Å². The summed E-state index contributed by atoms with van der Waals surface area (Å²) < 4.78 is 5.56. The highest BCUT2D eigenvalue weighted by Crippen LogP contribution is 2.42. The number of aryl methyl sites for hydroxylation is 2. The molecule has 1 aromatic heterocycles. The first kappa shape index (κ1) is 26.3. The molecule has 2 aromatic carbocycles. The molecule has 0 saturated heterocycles.